The van der Waals surface area contributed by atoms with Crippen LogP contribution >= 0.6 is 0 Å². The van der Waals surface area contributed by atoms with Gasteiger partial charge in [-0.2, -0.15) is 0 Å². The number of hydrogen-bond acceptors (Lipinski definition) is 7. The highest BCUT2D eigenvalue weighted by molar-refractivity contribution is 5.93. The molecular formula is C43H52N4O5. The summed E-state index contributed by atoms with van der Waals surface area (Å²) in [5, 5.41) is 15.5. The van der Waals surface area contributed by atoms with Crippen molar-refractivity contribution in [2.45, 2.75) is 89.4 Å². The Morgan fingerprint density at radius 3 is 2.21 bits per heavy atom. The summed E-state index contributed by atoms with van der Waals surface area (Å²) in [5.41, 5.74) is 13.2. The van der Waals surface area contributed by atoms with Gasteiger partial charge in [0.05, 0.1) is 30.2 Å². The molecule has 3 atom stereocenters. The van der Waals surface area contributed by atoms with E-state index >= 15 is 0 Å². The Morgan fingerprint density at radius 2 is 1.46 bits per heavy atom. The number of nitrogens with zero attached hydrogens (tertiary/aromatic N) is 1. The van der Waals surface area contributed by atoms with Gasteiger partial charge in [-0.1, -0.05) is 97.8 Å². The molecule has 52 heavy (non-hydrogen) atoms. The molecule has 5 N–H and O–H groups in total. The van der Waals surface area contributed by atoms with E-state index in [1.165, 1.54) is 19.3 Å². The normalized spacial score (nSPS) is 19.2. The second-order valence-corrected chi connectivity index (χ2v) is 14.0. The summed E-state index contributed by atoms with van der Waals surface area (Å²) in [4.78, 5) is 27.5. The monoisotopic (exact) mass is 704 g/mol. The third kappa shape index (κ3) is 10.5. The van der Waals surface area contributed by atoms with Crippen LogP contribution in [0.25, 0.3) is 11.1 Å². The van der Waals surface area contributed by atoms with Gasteiger partial charge >= 0.3 is 0 Å². The molecule has 274 valence electrons. The van der Waals surface area contributed by atoms with E-state index in [-0.39, 0.29) is 30.6 Å². The molecule has 0 saturated carbocycles. The number of para-hydroxylation sites is 2. The molecule has 9 nitrogen and oxygen atoms in total. The van der Waals surface area contributed by atoms with Crippen LogP contribution in [0.1, 0.15) is 92.4 Å². The van der Waals surface area contributed by atoms with Crippen molar-refractivity contribution < 1.29 is 24.2 Å². The van der Waals surface area contributed by atoms with E-state index in [1.807, 2.05) is 42.5 Å². The fourth-order valence-electron chi connectivity index (χ4n) is 7.09. The number of amides is 2. The van der Waals surface area contributed by atoms with Crippen LogP contribution in [0.2, 0.25) is 0 Å². The zero-order chi connectivity index (χ0) is 36.1. The van der Waals surface area contributed by atoms with Gasteiger partial charge in [-0.15, -0.1) is 0 Å². The van der Waals surface area contributed by atoms with Gasteiger partial charge in [0, 0.05) is 37.9 Å². The molecule has 0 unspecified atom stereocenters. The average Bonchev–Trinajstić information content (AvgIpc) is 3.18. The highest BCUT2D eigenvalue weighted by Gasteiger charge is 2.33. The summed E-state index contributed by atoms with van der Waals surface area (Å²) >= 11 is 0. The number of ether oxygens (including phenoxy) is 2. The molecule has 0 spiro atoms. The zero-order valence-corrected chi connectivity index (χ0v) is 30.0. The quantitative estimate of drug-likeness (QED) is 0.0740. The Kier molecular flexibility index (Phi) is 13.5. The van der Waals surface area contributed by atoms with Gasteiger partial charge in [0.2, 0.25) is 11.8 Å². The van der Waals surface area contributed by atoms with Crippen molar-refractivity contribution >= 4 is 23.2 Å². The highest BCUT2D eigenvalue weighted by Crippen LogP contribution is 2.39. The smallest absolute Gasteiger partial charge is 0.224 e. The van der Waals surface area contributed by atoms with Gasteiger partial charge in [0.15, 0.2) is 6.29 Å². The molecule has 0 aliphatic carbocycles. The molecule has 2 heterocycles. The SMILES string of the molecule is Nc1ccccc1NC(=O)CCCCCC(=O)NCc1ccccc1-c1ccc([C@H]2O[C@@H](CN3CCCCC3)C[C@@H](c3ccc(CO)cc3)O2)cc1. The lowest BCUT2D eigenvalue weighted by Gasteiger charge is -2.39. The van der Waals surface area contributed by atoms with E-state index < -0.39 is 6.29 Å². The van der Waals surface area contributed by atoms with Crippen molar-refractivity contribution in [1.29, 1.82) is 0 Å². The van der Waals surface area contributed by atoms with Crippen LogP contribution in [0.15, 0.2) is 97.1 Å². The summed E-state index contributed by atoms with van der Waals surface area (Å²) in [7, 11) is 0. The highest BCUT2D eigenvalue weighted by atomic mass is 16.7. The molecule has 0 bridgehead atoms. The molecular weight excluding hydrogens is 652 g/mol. The number of nitrogens with two attached hydrogens (primary N) is 1. The van der Waals surface area contributed by atoms with Crippen LogP contribution in [0, 0.1) is 0 Å². The maximum atomic E-state index is 12.7. The first-order chi connectivity index (χ1) is 25.4. The molecule has 2 fully saturated rings. The minimum Gasteiger partial charge on any atom is -0.397 e. The van der Waals surface area contributed by atoms with Gasteiger partial charge in [0.25, 0.3) is 0 Å². The molecule has 2 aliphatic rings. The van der Waals surface area contributed by atoms with Crippen LogP contribution in [0.5, 0.6) is 0 Å². The minimum atomic E-state index is -0.494. The number of likely N-dealkylation sites (tertiary alicyclic amines) is 1. The number of aliphatic hydroxyl groups excluding tert-OH is 1. The molecule has 0 aromatic heterocycles. The van der Waals surface area contributed by atoms with E-state index in [4.69, 9.17) is 15.2 Å². The number of hydrogen-bond donors (Lipinski definition) is 4. The van der Waals surface area contributed by atoms with Crippen molar-refractivity contribution in [2.24, 2.45) is 0 Å². The minimum absolute atomic E-state index is 0.00193. The summed E-state index contributed by atoms with van der Waals surface area (Å²) < 4.78 is 13.2. The maximum absolute atomic E-state index is 12.7. The van der Waals surface area contributed by atoms with Gasteiger partial charge in [-0.25, -0.2) is 0 Å². The topological polar surface area (TPSA) is 126 Å². The van der Waals surface area contributed by atoms with Gasteiger partial charge in [0.1, 0.15) is 0 Å². The Morgan fingerprint density at radius 1 is 0.769 bits per heavy atom. The number of nitrogen functional groups attached to an aromatic ring is 1. The number of nitrogens with one attached hydrogen (secondary N) is 2. The first kappa shape index (κ1) is 37.2. The van der Waals surface area contributed by atoms with Crippen molar-refractivity contribution in [3.05, 3.63) is 119 Å². The number of anilines is 2. The molecule has 6 rings (SSSR count). The molecule has 4 aromatic rings. The number of unbranched alkanes of at least 4 members (excludes halogenated alkanes) is 2. The Balaban J connectivity index is 1.02. The summed E-state index contributed by atoms with van der Waals surface area (Å²) in [6.07, 6.45) is 7.01. The van der Waals surface area contributed by atoms with Crippen molar-refractivity contribution in [3.8, 4) is 11.1 Å². The van der Waals surface area contributed by atoms with Crippen LogP contribution in [-0.4, -0.2) is 47.6 Å². The molecule has 2 saturated heterocycles. The predicted molar refractivity (Wildman–Crippen MR) is 205 cm³/mol. The summed E-state index contributed by atoms with van der Waals surface area (Å²) in [5.74, 6) is -0.0740. The molecule has 2 aliphatic heterocycles. The molecule has 2 amide bonds. The van der Waals surface area contributed by atoms with Crippen LogP contribution in [0.3, 0.4) is 0 Å². The lowest BCUT2D eigenvalue weighted by molar-refractivity contribution is -0.253. The van der Waals surface area contributed by atoms with E-state index in [0.717, 1.165) is 65.9 Å². The third-order valence-electron chi connectivity index (χ3n) is 10.1. The maximum Gasteiger partial charge on any atom is 0.224 e. The van der Waals surface area contributed by atoms with E-state index in [9.17, 15) is 14.7 Å². The lowest BCUT2D eigenvalue weighted by atomic mass is 9.97. The van der Waals surface area contributed by atoms with Crippen molar-refractivity contribution in [3.63, 3.8) is 0 Å². The largest absolute Gasteiger partial charge is 0.397 e. The van der Waals surface area contributed by atoms with Crippen LogP contribution in [-0.2, 0) is 32.2 Å². The molecule has 9 heteroatoms. The Labute approximate surface area is 307 Å². The summed E-state index contributed by atoms with van der Waals surface area (Å²) in [6.45, 7) is 3.57. The molecule has 0 radical (unpaired) electrons. The predicted octanol–water partition coefficient (Wildman–Crippen LogP) is 7.66. The van der Waals surface area contributed by atoms with Crippen molar-refractivity contribution in [2.75, 3.05) is 30.7 Å². The number of carbonyl (C=O) groups is 2. The standard InChI is InChI=1S/C43H52N4O5/c44-38-13-7-8-14-39(38)46-42(50)16-4-1-3-15-41(49)45-28-35-11-5-6-12-37(35)32-21-23-34(24-22-32)43-51-36(29-47-25-9-2-10-26-47)27-40(52-43)33-19-17-31(30-48)18-20-33/h5-8,11-14,17-24,36,40,43,48H,1-4,9-10,15-16,25-30,44H2,(H,45,49)(H,46,50)/t36-,40+,43+/m1/s1. The number of benzene rings is 4. The van der Waals surface area contributed by atoms with Gasteiger partial charge in [-0.3, -0.25) is 9.59 Å². The second kappa shape index (κ2) is 18.8. The Hall–Kier alpha value is -4.54. The van der Waals surface area contributed by atoms with Crippen LogP contribution < -0.4 is 16.4 Å². The number of aliphatic hydroxyl groups is 1. The third-order valence-corrected chi connectivity index (χ3v) is 10.1. The van der Waals surface area contributed by atoms with Gasteiger partial charge in [-0.05, 0) is 78.7 Å². The number of carbonyl (C=O) groups excluding carboxylic acids is 2. The fourth-order valence-corrected chi connectivity index (χ4v) is 7.09. The van der Waals surface area contributed by atoms with E-state index in [1.54, 1.807) is 12.1 Å². The number of rotatable bonds is 15. The Bertz CT molecular complexity index is 1740. The summed E-state index contributed by atoms with van der Waals surface area (Å²) in [6, 6.07) is 31.8. The lowest BCUT2D eigenvalue weighted by Crippen LogP contribution is -2.41. The molecule has 4 aromatic carbocycles. The first-order valence-electron chi connectivity index (χ1n) is 18.8. The average molecular weight is 705 g/mol. The van der Waals surface area contributed by atoms with Gasteiger partial charge < -0.3 is 35.8 Å². The second-order valence-electron chi connectivity index (χ2n) is 14.0. The van der Waals surface area contributed by atoms with Crippen LogP contribution in [0.4, 0.5) is 11.4 Å². The zero-order valence-electron chi connectivity index (χ0n) is 30.0. The van der Waals surface area contributed by atoms with E-state index in [2.05, 4.69) is 58.0 Å². The van der Waals surface area contributed by atoms with Crippen molar-refractivity contribution in [1.82, 2.24) is 10.2 Å². The first-order valence-corrected chi connectivity index (χ1v) is 18.8. The van der Waals surface area contributed by atoms with E-state index in [0.29, 0.717) is 43.6 Å². The fraction of sp³-hybridized carbons (Fsp3) is 0.395. The number of piperidine rings is 1.